The molecule has 0 aromatic heterocycles. The van der Waals surface area contributed by atoms with E-state index in [0.717, 1.165) is 12.0 Å². The van der Waals surface area contributed by atoms with Gasteiger partial charge in [-0.15, -0.1) is 0 Å². The van der Waals surface area contributed by atoms with Crippen LogP contribution in [0.1, 0.15) is 24.8 Å². The lowest BCUT2D eigenvalue weighted by Crippen LogP contribution is -2.40. The molecule has 0 fully saturated rings. The molecule has 5 nitrogen and oxygen atoms in total. The number of nitrogens with two attached hydrogens (primary N) is 3. The van der Waals surface area contributed by atoms with Crippen molar-refractivity contribution in [3.05, 3.63) is 28.8 Å². The third-order valence-electron chi connectivity index (χ3n) is 2.55. The normalized spacial score (nSPS) is 10.2. The van der Waals surface area contributed by atoms with Crippen LogP contribution in [0.4, 0.5) is 0 Å². The van der Waals surface area contributed by atoms with Crippen LogP contribution < -0.4 is 21.6 Å². The highest BCUT2D eigenvalue weighted by Gasteiger charge is 2.11. The zero-order chi connectivity index (χ0) is 14.3. The summed E-state index contributed by atoms with van der Waals surface area (Å²) in [4.78, 5) is 10.7. The molecule has 1 amide bonds. The summed E-state index contributed by atoms with van der Waals surface area (Å²) in [5.41, 5.74) is 11.8. The molecule has 0 bridgehead atoms. The third kappa shape index (κ3) is 5.28. The number of carbonyl (C=O) groups is 1. The molecule has 0 radical (unpaired) electrons. The number of hydrogen-bond donors (Lipinski definition) is 3. The van der Waals surface area contributed by atoms with E-state index in [4.69, 9.17) is 33.2 Å². The first-order valence-electron chi connectivity index (χ1n) is 6.07. The molecule has 0 atom stereocenters. The molecular formula is C13H19ClN3O2+. The van der Waals surface area contributed by atoms with E-state index in [-0.39, 0.29) is 12.3 Å². The number of carbonyl (C=O) groups excluding carboxylic acids is 1. The smallest absolute Gasteiger partial charge is 0.217 e. The second-order valence-electron chi connectivity index (χ2n) is 4.13. The van der Waals surface area contributed by atoms with Gasteiger partial charge < -0.3 is 16.2 Å². The Balaban J connectivity index is 2.65. The van der Waals surface area contributed by atoms with Gasteiger partial charge in [-0.2, -0.15) is 0 Å². The molecular weight excluding hydrogens is 266 g/mol. The molecule has 0 aliphatic rings. The maximum absolute atomic E-state index is 10.7. The Morgan fingerprint density at radius 1 is 1.37 bits per heavy atom. The monoisotopic (exact) mass is 284 g/mol. The van der Waals surface area contributed by atoms with Crippen LogP contribution >= 0.6 is 11.6 Å². The summed E-state index contributed by atoms with van der Waals surface area (Å²) in [7, 11) is 0. The van der Waals surface area contributed by atoms with E-state index in [2.05, 4.69) is 0 Å². The second-order valence-corrected chi connectivity index (χ2v) is 4.53. The Morgan fingerprint density at radius 3 is 2.68 bits per heavy atom. The Hall–Kier alpha value is -1.59. The molecule has 6 N–H and O–H groups in total. The number of benzene rings is 1. The standard InChI is InChI=1S/C13H18ClN3O2/c14-10-8-9(11(16)3-5-13(17)18)2-4-12(10)19-7-1-6-15/h2,4,8,16H,1,3,5-7,15H2,(H2,17,18)/p+1. The second kappa shape index (κ2) is 7.76. The van der Waals surface area contributed by atoms with Crippen LogP contribution in [0.3, 0.4) is 0 Å². The molecule has 1 aromatic rings. The van der Waals surface area contributed by atoms with Gasteiger partial charge in [-0.1, -0.05) is 11.6 Å². The van der Waals surface area contributed by atoms with Crippen molar-refractivity contribution >= 4 is 23.2 Å². The SMILES string of the molecule is NCCCOc1ccc(C(=[NH2+])CCC(N)=O)cc1Cl. The number of halogens is 1. The highest BCUT2D eigenvalue weighted by atomic mass is 35.5. The molecule has 0 heterocycles. The van der Waals surface area contributed by atoms with Gasteiger partial charge in [-0.3, -0.25) is 10.2 Å². The van der Waals surface area contributed by atoms with Crippen molar-refractivity contribution in [1.82, 2.24) is 0 Å². The van der Waals surface area contributed by atoms with Gasteiger partial charge in [0.2, 0.25) is 5.91 Å². The molecule has 0 aliphatic heterocycles. The van der Waals surface area contributed by atoms with Crippen molar-refractivity contribution < 1.29 is 14.9 Å². The summed E-state index contributed by atoms with van der Waals surface area (Å²) in [6.45, 7) is 1.10. The maximum atomic E-state index is 10.7. The molecule has 1 aromatic carbocycles. The Kier molecular flexibility index (Phi) is 6.32. The Bertz CT molecular complexity index is 463. The van der Waals surface area contributed by atoms with Crippen LogP contribution in [0.5, 0.6) is 5.75 Å². The summed E-state index contributed by atoms with van der Waals surface area (Å²) >= 11 is 6.10. The molecule has 104 valence electrons. The first-order valence-corrected chi connectivity index (χ1v) is 6.44. The highest BCUT2D eigenvalue weighted by Crippen LogP contribution is 2.25. The van der Waals surface area contributed by atoms with Gasteiger partial charge in [0.25, 0.3) is 0 Å². The van der Waals surface area contributed by atoms with Gasteiger partial charge in [0.05, 0.1) is 11.6 Å². The summed E-state index contributed by atoms with van der Waals surface area (Å²) in [5.74, 6) is 0.220. The zero-order valence-electron chi connectivity index (χ0n) is 10.7. The minimum absolute atomic E-state index is 0.220. The topological polar surface area (TPSA) is 104 Å². The lowest BCUT2D eigenvalue weighted by Gasteiger charge is -2.08. The van der Waals surface area contributed by atoms with Crippen LogP contribution in [0.15, 0.2) is 18.2 Å². The summed E-state index contributed by atoms with van der Waals surface area (Å²) in [5, 5.41) is 6.36. The number of rotatable bonds is 8. The van der Waals surface area contributed by atoms with E-state index < -0.39 is 0 Å². The molecule has 1 rings (SSSR count). The lowest BCUT2D eigenvalue weighted by atomic mass is 10.1. The lowest BCUT2D eigenvalue weighted by molar-refractivity contribution is -0.121. The van der Waals surface area contributed by atoms with Gasteiger partial charge in [0, 0.05) is 18.4 Å². The first kappa shape index (κ1) is 15.5. The van der Waals surface area contributed by atoms with Crippen LogP contribution in [0.2, 0.25) is 5.02 Å². The Morgan fingerprint density at radius 2 is 2.11 bits per heavy atom. The van der Waals surface area contributed by atoms with Crippen LogP contribution in [0.25, 0.3) is 0 Å². The number of ether oxygens (including phenoxy) is 1. The van der Waals surface area contributed by atoms with E-state index in [1.165, 1.54) is 0 Å². The van der Waals surface area contributed by atoms with Gasteiger partial charge in [-0.05, 0) is 31.2 Å². The van der Waals surface area contributed by atoms with Gasteiger partial charge >= 0.3 is 0 Å². The van der Waals surface area contributed by atoms with Gasteiger partial charge in [0.1, 0.15) is 5.75 Å². The summed E-state index contributed by atoms with van der Waals surface area (Å²) in [6.07, 6.45) is 1.40. The molecule has 0 saturated heterocycles. The summed E-state index contributed by atoms with van der Waals surface area (Å²) in [6, 6.07) is 5.28. The molecule has 0 spiro atoms. The quantitative estimate of drug-likeness (QED) is 0.458. The fourth-order valence-corrected chi connectivity index (χ4v) is 1.72. The number of hydrogen-bond acceptors (Lipinski definition) is 3. The fourth-order valence-electron chi connectivity index (χ4n) is 1.49. The Labute approximate surface area is 117 Å². The third-order valence-corrected chi connectivity index (χ3v) is 2.84. The average Bonchev–Trinajstić information content (AvgIpc) is 2.38. The largest absolute Gasteiger partial charge is 0.492 e. The van der Waals surface area contributed by atoms with E-state index >= 15 is 0 Å². The first-order chi connectivity index (χ1) is 9.04. The van der Waals surface area contributed by atoms with E-state index in [0.29, 0.717) is 36.1 Å². The van der Waals surface area contributed by atoms with E-state index in [9.17, 15) is 4.79 Å². The van der Waals surface area contributed by atoms with E-state index in [1.54, 1.807) is 18.2 Å². The van der Waals surface area contributed by atoms with Crippen molar-refractivity contribution in [2.24, 2.45) is 11.5 Å². The van der Waals surface area contributed by atoms with E-state index in [1.807, 2.05) is 0 Å². The predicted molar refractivity (Wildman–Crippen MR) is 75.1 cm³/mol. The molecule has 6 heteroatoms. The van der Waals surface area contributed by atoms with Gasteiger partial charge in [-0.25, -0.2) is 0 Å². The predicted octanol–water partition coefficient (Wildman–Crippen LogP) is -0.119. The summed E-state index contributed by atoms with van der Waals surface area (Å²) < 4.78 is 5.47. The molecule has 0 saturated carbocycles. The highest BCUT2D eigenvalue weighted by molar-refractivity contribution is 6.32. The number of primary amides is 1. The van der Waals surface area contributed by atoms with Crippen molar-refractivity contribution in [1.29, 1.82) is 0 Å². The van der Waals surface area contributed by atoms with Crippen molar-refractivity contribution in [2.45, 2.75) is 19.3 Å². The van der Waals surface area contributed by atoms with Crippen LogP contribution in [-0.4, -0.2) is 24.8 Å². The van der Waals surface area contributed by atoms with Crippen molar-refractivity contribution in [3.63, 3.8) is 0 Å². The van der Waals surface area contributed by atoms with Crippen LogP contribution in [0, 0.1) is 0 Å². The zero-order valence-corrected chi connectivity index (χ0v) is 11.5. The minimum atomic E-state index is -0.379. The maximum Gasteiger partial charge on any atom is 0.217 e. The van der Waals surface area contributed by atoms with Crippen LogP contribution in [-0.2, 0) is 4.79 Å². The number of amides is 1. The van der Waals surface area contributed by atoms with Gasteiger partial charge in [0.15, 0.2) is 5.71 Å². The van der Waals surface area contributed by atoms with Crippen molar-refractivity contribution in [3.8, 4) is 5.75 Å². The molecule has 19 heavy (non-hydrogen) atoms. The minimum Gasteiger partial charge on any atom is -0.492 e. The fraction of sp³-hybridized carbons (Fsp3) is 0.385. The molecule has 0 aliphatic carbocycles. The average molecular weight is 285 g/mol. The molecule has 0 unspecified atom stereocenters. The van der Waals surface area contributed by atoms with Crippen molar-refractivity contribution in [2.75, 3.05) is 13.2 Å².